The molecule has 116 valence electrons. The van der Waals surface area contributed by atoms with Gasteiger partial charge in [0.1, 0.15) is 5.75 Å². The molecule has 0 radical (unpaired) electrons. The van der Waals surface area contributed by atoms with Crippen LogP contribution in [-0.4, -0.2) is 38.9 Å². The van der Waals surface area contributed by atoms with Gasteiger partial charge in [-0.25, -0.2) is 8.42 Å². The van der Waals surface area contributed by atoms with Gasteiger partial charge in [-0.05, 0) is 37.5 Å². The number of rotatable bonds is 6. The van der Waals surface area contributed by atoms with Gasteiger partial charge in [0.05, 0.1) is 17.6 Å². The topological polar surface area (TPSA) is 63.7 Å². The minimum Gasteiger partial charge on any atom is -0.496 e. The van der Waals surface area contributed by atoms with Crippen LogP contribution in [0.1, 0.15) is 36.5 Å². The van der Waals surface area contributed by atoms with Crippen LogP contribution in [0, 0.1) is 0 Å². The summed E-state index contributed by atoms with van der Waals surface area (Å²) >= 11 is 0. The van der Waals surface area contributed by atoms with Crippen molar-refractivity contribution in [3.63, 3.8) is 0 Å². The van der Waals surface area contributed by atoms with Gasteiger partial charge in [0, 0.05) is 23.3 Å². The molecule has 1 amide bonds. The highest BCUT2D eigenvalue weighted by atomic mass is 35.7. The molecular formula is C14H18ClNO4S. The molecule has 0 aromatic heterocycles. The van der Waals surface area contributed by atoms with Crippen LogP contribution in [0.25, 0.3) is 0 Å². The van der Waals surface area contributed by atoms with E-state index < -0.39 is 9.05 Å². The Morgan fingerprint density at radius 2 is 2.10 bits per heavy atom. The lowest BCUT2D eigenvalue weighted by atomic mass is 10.1. The van der Waals surface area contributed by atoms with Crippen molar-refractivity contribution in [2.45, 2.75) is 37.1 Å². The Labute approximate surface area is 129 Å². The molecule has 0 heterocycles. The summed E-state index contributed by atoms with van der Waals surface area (Å²) in [6, 6.07) is 4.33. The summed E-state index contributed by atoms with van der Waals surface area (Å²) in [5, 5.41) is 0. The van der Waals surface area contributed by atoms with Gasteiger partial charge in [0.2, 0.25) is 0 Å². The third kappa shape index (κ3) is 3.68. The van der Waals surface area contributed by atoms with E-state index in [1.807, 2.05) is 6.92 Å². The van der Waals surface area contributed by atoms with Crippen molar-refractivity contribution in [2.24, 2.45) is 0 Å². The van der Waals surface area contributed by atoms with E-state index in [2.05, 4.69) is 0 Å². The quantitative estimate of drug-likeness (QED) is 0.752. The number of nitrogens with zero attached hydrogens (tertiary/aromatic N) is 1. The van der Waals surface area contributed by atoms with E-state index in [-0.39, 0.29) is 22.4 Å². The summed E-state index contributed by atoms with van der Waals surface area (Å²) in [7, 11) is 2.92. The average Bonchev–Trinajstić information content (AvgIpc) is 3.26. The highest BCUT2D eigenvalue weighted by molar-refractivity contribution is 8.13. The van der Waals surface area contributed by atoms with Gasteiger partial charge >= 0.3 is 0 Å². The van der Waals surface area contributed by atoms with Crippen LogP contribution >= 0.6 is 10.7 Å². The molecular weight excluding hydrogens is 314 g/mol. The zero-order chi connectivity index (χ0) is 15.6. The maximum absolute atomic E-state index is 12.7. The predicted octanol–water partition coefficient (Wildman–Crippen LogP) is 2.64. The number of ether oxygens (including phenoxy) is 1. The van der Waals surface area contributed by atoms with Crippen molar-refractivity contribution in [3.8, 4) is 5.75 Å². The Kier molecular flexibility index (Phi) is 4.78. The molecule has 0 unspecified atom stereocenters. The summed E-state index contributed by atoms with van der Waals surface area (Å²) < 4.78 is 28.1. The first-order valence-electron chi connectivity index (χ1n) is 6.82. The van der Waals surface area contributed by atoms with Crippen LogP contribution in [0.3, 0.4) is 0 Å². The number of hydrogen-bond acceptors (Lipinski definition) is 4. The van der Waals surface area contributed by atoms with Gasteiger partial charge in [-0.2, -0.15) is 0 Å². The molecule has 21 heavy (non-hydrogen) atoms. The molecule has 5 nitrogen and oxygen atoms in total. The Hall–Kier alpha value is -1.27. The Balaban J connectivity index is 2.42. The van der Waals surface area contributed by atoms with Crippen LogP contribution in [-0.2, 0) is 9.05 Å². The van der Waals surface area contributed by atoms with Gasteiger partial charge in [0.15, 0.2) is 0 Å². The summed E-state index contributed by atoms with van der Waals surface area (Å²) in [6.45, 7) is 2.64. The van der Waals surface area contributed by atoms with E-state index in [9.17, 15) is 13.2 Å². The monoisotopic (exact) mass is 331 g/mol. The second kappa shape index (κ2) is 6.23. The molecule has 0 aliphatic heterocycles. The van der Waals surface area contributed by atoms with Gasteiger partial charge in [-0.15, -0.1) is 0 Å². The maximum atomic E-state index is 12.7. The zero-order valence-corrected chi connectivity index (χ0v) is 13.6. The highest BCUT2D eigenvalue weighted by Crippen LogP contribution is 2.31. The summed E-state index contributed by atoms with van der Waals surface area (Å²) in [4.78, 5) is 14.4. The van der Waals surface area contributed by atoms with E-state index in [1.165, 1.54) is 25.3 Å². The van der Waals surface area contributed by atoms with E-state index in [0.717, 1.165) is 19.3 Å². The second-order valence-electron chi connectivity index (χ2n) is 5.03. The molecule has 1 fully saturated rings. The highest BCUT2D eigenvalue weighted by Gasteiger charge is 2.33. The molecule has 1 aromatic rings. The number of halogens is 1. The molecule has 1 aliphatic rings. The fourth-order valence-corrected chi connectivity index (χ4v) is 3.01. The fraction of sp³-hybridized carbons (Fsp3) is 0.500. The second-order valence-corrected chi connectivity index (χ2v) is 7.60. The molecule has 1 aromatic carbocycles. The van der Waals surface area contributed by atoms with Crippen LogP contribution in [0.15, 0.2) is 23.1 Å². The molecule has 0 saturated heterocycles. The summed E-state index contributed by atoms with van der Waals surface area (Å²) in [5.41, 5.74) is 0.236. The number of amides is 1. The Bertz CT molecular complexity index is 640. The largest absolute Gasteiger partial charge is 0.496 e. The van der Waals surface area contributed by atoms with Gasteiger partial charge in [0.25, 0.3) is 15.0 Å². The normalized spacial score (nSPS) is 14.8. The Morgan fingerprint density at radius 1 is 1.43 bits per heavy atom. The van der Waals surface area contributed by atoms with Crippen LogP contribution in [0.5, 0.6) is 5.75 Å². The molecule has 1 saturated carbocycles. The number of benzene rings is 1. The molecule has 0 spiro atoms. The van der Waals surface area contributed by atoms with Gasteiger partial charge in [-0.3, -0.25) is 4.79 Å². The minimum atomic E-state index is -3.88. The van der Waals surface area contributed by atoms with Crippen molar-refractivity contribution in [1.29, 1.82) is 0 Å². The molecule has 0 atom stereocenters. The number of carbonyl (C=O) groups excluding carboxylic acids is 1. The van der Waals surface area contributed by atoms with Crippen molar-refractivity contribution < 1.29 is 17.9 Å². The number of methoxy groups -OCH3 is 1. The maximum Gasteiger partial charge on any atom is 0.261 e. The van der Waals surface area contributed by atoms with E-state index in [4.69, 9.17) is 15.4 Å². The summed E-state index contributed by atoms with van der Waals surface area (Å²) in [5.74, 6) is 0.143. The van der Waals surface area contributed by atoms with E-state index >= 15 is 0 Å². The first-order valence-corrected chi connectivity index (χ1v) is 9.13. The van der Waals surface area contributed by atoms with Crippen LogP contribution in [0.4, 0.5) is 0 Å². The molecule has 0 bridgehead atoms. The SMILES string of the molecule is CCCN(C(=O)c1cc(S(=O)(=O)Cl)ccc1OC)C1CC1. The van der Waals surface area contributed by atoms with E-state index in [0.29, 0.717) is 12.3 Å². The molecule has 7 heteroatoms. The molecule has 0 N–H and O–H groups in total. The van der Waals surface area contributed by atoms with Crippen molar-refractivity contribution in [1.82, 2.24) is 4.90 Å². The molecule has 2 rings (SSSR count). The lowest BCUT2D eigenvalue weighted by Crippen LogP contribution is -2.34. The first kappa shape index (κ1) is 16.1. The molecule has 1 aliphatic carbocycles. The predicted molar refractivity (Wildman–Crippen MR) is 80.4 cm³/mol. The standard InChI is InChI=1S/C14H18ClNO4S/c1-3-8-16(10-4-5-10)14(17)12-9-11(21(15,18)19)6-7-13(12)20-2/h6-7,9-10H,3-5,8H2,1-2H3. The third-order valence-electron chi connectivity index (χ3n) is 3.40. The van der Waals surface area contributed by atoms with Gasteiger partial charge in [-0.1, -0.05) is 6.92 Å². The van der Waals surface area contributed by atoms with Crippen LogP contribution in [0.2, 0.25) is 0 Å². The van der Waals surface area contributed by atoms with Gasteiger partial charge < -0.3 is 9.64 Å². The Morgan fingerprint density at radius 3 is 2.57 bits per heavy atom. The first-order chi connectivity index (χ1) is 9.88. The van der Waals surface area contributed by atoms with E-state index in [1.54, 1.807) is 4.90 Å². The fourth-order valence-electron chi connectivity index (χ4n) is 2.24. The zero-order valence-electron chi connectivity index (χ0n) is 12.0. The van der Waals surface area contributed by atoms with Crippen LogP contribution < -0.4 is 4.74 Å². The van der Waals surface area contributed by atoms with Crippen molar-refractivity contribution in [3.05, 3.63) is 23.8 Å². The smallest absolute Gasteiger partial charge is 0.261 e. The minimum absolute atomic E-state index is 0.0967. The lowest BCUT2D eigenvalue weighted by Gasteiger charge is -2.23. The third-order valence-corrected chi connectivity index (χ3v) is 4.75. The average molecular weight is 332 g/mol. The summed E-state index contributed by atoms with van der Waals surface area (Å²) in [6.07, 6.45) is 2.82. The van der Waals surface area contributed by atoms with Crippen molar-refractivity contribution >= 4 is 25.6 Å². The lowest BCUT2D eigenvalue weighted by molar-refractivity contribution is 0.0739. The number of hydrogen-bond donors (Lipinski definition) is 0. The van der Waals surface area contributed by atoms with Crippen molar-refractivity contribution in [2.75, 3.05) is 13.7 Å². The number of carbonyl (C=O) groups is 1.